The van der Waals surface area contributed by atoms with E-state index in [-0.39, 0.29) is 5.84 Å². The highest BCUT2D eigenvalue weighted by Gasteiger charge is 2.21. The Hall–Kier alpha value is -3.22. The summed E-state index contributed by atoms with van der Waals surface area (Å²) in [5, 5.41) is 19.9. The van der Waals surface area contributed by atoms with Crippen molar-refractivity contribution >= 4 is 17.5 Å². The zero-order chi connectivity index (χ0) is 18.4. The van der Waals surface area contributed by atoms with Gasteiger partial charge in [0.25, 0.3) is 0 Å². The van der Waals surface area contributed by atoms with Gasteiger partial charge in [-0.05, 0) is 48.9 Å². The predicted octanol–water partition coefficient (Wildman–Crippen LogP) is 2.62. The van der Waals surface area contributed by atoms with Gasteiger partial charge in [0.2, 0.25) is 0 Å². The third kappa shape index (κ3) is 4.41. The standard InChI is InChI=1S/C18H21N3O4/c1-3-25-15-10-12(6-9-14(15)24-2)16(18(22)23)21-13-7-4-11(5-8-13)17(19)20/h4-10,16,21H,3H2,1-2H3,(H3,19,20)(H,22,23). The number of ether oxygens (including phenoxy) is 2. The van der Waals surface area contributed by atoms with Crippen LogP contribution in [0.5, 0.6) is 11.5 Å². The molecule has 2 aromatic rings. The second kappa shape index (κ2) is 8.05. The molecule has 0 spiro atoms. The maximum Gasteiger partial charge on any atom is 0.330 e. The Morgan fingerprint density at radius 2 is 1.92 bits per heavy atom. The molecule has 132 valence electrons. The van der Waals surface area contributed by atoms with Crippen molar-refractivity contribution in [3.8, 4) is 11.5 Å². The molecule has 0 fully saturated rings. The summed E-state index contributed by atoms with van der Waals surface area (Å²) < 4.78 is 10.7. The van der Waals surface area contributed by atoms with Gasteiger partial charge < -0.3 is 25.6 Å². The lowest BCUT2D eigenvalue weighted by atomic mass is 10.1. The fourth-order valence-corrected chi connectivity index (χ4v) is 2.34. The van der Waals surface area contributed by atoms with E-state index in [1.165, 1.54) is 7.11 Å². The number of carbonyl (C=O) groups is 1. The van der Waals surface area contributed by atoms with Crippen LogP contribution in [-0.4, -0.2) is 30.6 Å². The largest absolute Gasteiger partial charge is 0.493 e. The first-order chi connectivity index (χ1) is 12.0. The third-order valence-electron chi connectivity index (χ3n) is 3.57. The quantitative estimate of drug-likeness (QED) is 0.432. The van der Waals surface area contributed by atoms with E-state index in [1.807, 2.05) is 6.92 Å². The minimum atomic E-state index is -1.02. The minimum Gasteiger partial charge on any atom is -0.493 e. The highest BCUT2D eigenvalue weighted by Crippen LogP contribution is 2.31. The van der Waals surface area contributed by atoms with Gasteiger partial charge in [-0.25, -0.2) is 4.79 Å². The molecule has 2 rings (SSSR count). The van der Waals surface area contributed by atoms with Crippen molar-refractivity contribution in [3.63, 3.8) is 0 Å². The molecule has 0 aromatic heterocycles. The molecule has 1 atom stereocenters. The van der Waals surface area contributed by atoms with E-state index in [1.54, 1.807) is 42.5 Å². The van der Waals surface area contributed by atoms with E-state index in [4.69, 9.17) is 20.6 Å². The lowest BCUT2D eigenvalue weighted by Crippen LogP contribution is -2.20. The van der Waals surface area contributed by atoms with Crippen LogP contribution in [0.3, 0.4) is 0 Å². The number of amidine groups is 1. The number of nitrogens with one attached hydrogen (secondary N) is 2. The first-order valence-electron chi connectivity index (χ1n) is 7.70. The Morgan fingerprint density at radius 1 is 1.24 bits per heavy atom. The summed E-state index contributed by atoms with van der Waals surface area (Å²) >= 11 is 0. The van der Waals surface area contributed by atoms with Gasteiger partial charge in [-0.2, -0.15) is 0 Å². The van der Waals surface area contributed by atoms with Crippen molar-refractivity contribution in [1.82, 2.24) is 0 Å². The first-order valence-corrected chi connectivity index (χ1v) is 7.70. The Kier molecular flexibility index (Phi) is 5.84. The van der Waals surface area contributed by atoms with Crippen LogP contribution < -0.4 is 20.5 Å². The van der Waals surface area contributed by atoms with Gasteiger partial charge >= 0.3 is 5.97 Å². The van der Waals surface area contributed by atoms with E-state index in [0.717, 1.165) is 0 Å². The van der Waals surface area contributed by atoms with Gasteiger partial charge in [-0.3, -0.25) is 5.41 Å². The smallest absolute Gasteiger partial charge is 0.330 e. The molecular formula is C18H21N3O4. The first kappa shape index (κ1) is 18.1. The van der Waals surface area contributed by atoms with Gasteiger partial charge in [0.05, 0.1) is 13.7 Å². The van der Waals surface area contributed by atoms with Crippen LogP contribution in [-0.2, 0) is 4.79 Å². The molecule has 0 aliphatic rings. The number of carboxylic acid groups (broad SMARTS) is 1. The molecule has 7 heteroatoms. The summed E-state index contributed by atoms with van der Waals surface area (Å²) in [4.78, 5) is 11.7. The fraction of sp³-hybridized carbons (Fsp3) is 0.222. The summed E-state index contributed by atoms with van der Waals surface area (Å²) in [5.41, 5.74) is 7.13. The van der Waals surface area contributed by atoms with Crippen LogP contribution in [0.2, 0.25) is 0 Å². The number of nitrogen functional groups attached to an aromatic ring is 1. The average molecular weight is 343 g/mol. The topological polar surface area (TPSA) is 118 Å². The fourth-order valence-electron chi connectivity index (χ4n) is 2.34. The molecule has 7 nitrogen and oxygen atoms in total. The SMILES string of the molecule is CCOc1cc(C(Nc2ccc(C(=N)N)cc2)C(=O)O)ccc1OC. The van der Waals surface area contributed by atoms with E-state index >= 15 is 0 Å². The number of anilines is 1. The molecule has 0 aliphatic heterocycles. The Labute approximate surface area is 145 Å². The number of methoxy groups -OCH3 is 1. The lowest BCUT2D eigenvalue weighted by Gasteiger charge is -2.18. The second-order valence-electron chi connectivity index (χ2n) is 5.25. The second-order valence-corrected chi connectivity index (χ2v) is 5.25. The number of aliphatic carboxylic acids is 1. The lowest BCUT2D eigenvalue weighted by molar-refractivity contribution is -0.138. The summed E-state index contributed by atoms with van der Waals surface area (Å²) in [6, 6.07) is 10.7. The number of rotatable bonds is 8. The molecule has 0 saturated carbocycles. The molecule has 2 aromatic carbocycles. The summed E-state index contributed by atoms with van der Waals surface area (Å²) in [5.74, 6) is -0.0378. The number of hydrogen-bond acceptors (Lipinski definition) is 5. The predicted molar refractivity (Wildman–Crippen MR) is 95.6 cm³/mol. The number of nitrogens with two attached hydrogens (primary N) is 1. The van der Waals surface area contributed by atoms with Gasteiger partial charge in [-0.15, -0.1) is 0 Å². The Balaban J connectivity index is 2.30. The third-order valence-corrected chi connectivity index (χ3v) is 3.57. The molecule has 0 heterocycles. The van der Waals surface area contributed by atoms with Crippen LogP contribution in [0.15, 0.2) is 42.5 Å². The van der Waals surface area contributed by atoms with Gasteiger partial charge in [0.1, 0.15) is 5.84 Å². The molecule has 1 unspecified atom stereocenters. The zero-order valence-electron chi connectivity index (χ0n) is 14.1. The van der Waals surface area contributed by atoms with Crippen molar-refractivity contribution in [3.05, 3.63) is 53.6 Å². The monoisotopic (exact) mass is 343 g/mol. The summed E-state index contributed by atoms with van der Waals surface area (Å²) in [6.07, 6.45) is 0. The van der Waals surface area contributed by atoms with Gasteiger partial charge in [0.15, 0.2) is 17.5 Å². The number of carboxylic acids is 1. The van der Waals surface area contributed by atoms with E-state index in [2.05, 4.69) is 5.32 Å². The van der Waals surface area contributed by atoms with Crippen LogP contribution in [0, 0.1) is 5.41 Å². The maximum absolute atomic E-state index is 11.7. The van der Waals surface area contributed by atoms with E-state index in [9.17, 15) is 9.90 Å². The van der Waals surface area contributed by atoms with Crippen LogP contribution in [0.1, 0.15) is 24.1 Å². The van der Waals surface area contributed by atoms with Crippen molar-refractivity contribution < 1.29 is 19.4 Å². The number of benzene rings is 2. The van der Waals surface area contributed by atoms with Gasteiger partial charge in [0, 0.05) is 11.3 Å². The number of hydrogen-bond donors (Lipinski definition) is 4. The highest BCUT2D eigenvalue weighted by atomic mass is 16.5. The molecule has 0 amide bonds. The van der Waals surface area contributed by atoms with Gasteiger partial charge in [-0.1, -0.05) is 6.07 Å². The highest BCUT2D eigenvalue weighted by molar-refractivity contribution is 5.95. The van der Waals surface area contributed by atoms with E-state index in [0.29, 0.717) is 34.9 Å². The molecular weight excluding hydrogens is 322 g/mol. The van der Waals surface area contributed by atoms with Crippen molar-refractivity contribution in [2.45, 2.75) is 13.0 Å². The average Bonchev–Trinajstić information content (AvgIpc) is 2.60. The Bertz CT molecular complexity index is 759. The molecule has 0 aliphatic carbocycles. The molecule has 0 saturated heterocycles. The van der Waals surface area contributed by atoms with Crippen LogP contribution >= 0.6 is 0 Å². The molecule has 0 radical (unpaired) electrons. The Morgan fingerprint density at radius 3 is 2.44 bits per heavy atom. The molecule has 0 bridgehead atoms. The zero-order valence-corrected chi connectivity index (χ0v) is 14.1. The maximum atomic E-state index is 11.7. The summed E-state index contributed by atoms with van der Waals surface area (Å²) in [6.45, 7) is 2.28. The van der Waals surface area contributed by atoms with Crippen LogP contribution in [0.25, 0.3) is 0 Å². The van der Waals surface area contributed by atoms with Crippen molar-refractivity contribution in [1.29, 1.82) is 5.41 Å². The normalized spacial score (nSPS) is 11.4. The van der Waals surface area contributed by atoms with Crippen molar-refractivity contribution in [2.75, 3.05) is 19.0 Å². The molecule has 5 N–H and O–H groups in total. The van der Waals surface area contributed by atoms with E-state index < -0.39 is 12.0 Å². The molecule has 25 heavy (non-hydrogen) atoms. The minimum absolute atomic E-state index is 0.0437. The summed E-state index contributed by atoms with van der Waals surface area (Å²) in [7, 11) is 1.53. The van der Waals surface area contributed by atoms with Crippen LogP contribution in [0.4, 0.5) is 5.69 Å². The van der Waals surface area contributed by atoms with Crippen molar-refractivity contribution in [2.24, 2.45) is 5.73 Å².